The molecule has 0 aliphatic rings. The van der Waals surface area contributed by atoms with Crippen LogP contribution in [0.25, 0.3) is 87.9 Å². The number of nitrogens with zero attached hydrogens (tertiary/aromatic N) is 4. The molecule has 5 aromatic carbocycles. The van der Waals surface area contributed by atoms with Crippen molar-refractivity contribution in [3.63, 3.8) is 0 Å². The van der Waals surface area contributed by atoms with Gasteiger partial charge in [-0.2, -0.15) is 0 Å². The van der Waals surface area contributed by atoms with E-state index in [1.165, 1.54) is 21.5 Å². The Bertz CT molecular complexity index is 2520. The van der Waals surface area contributed by atoms with Crippen LogP contribution in [0.1, 0.15) is 0 Å². The topological polar surface area (TPSA) is 51.6 Å². The first-order valence-corrected chi connectivity index (χ1v) is 14.7. The second-order valence-corrected chi connectivity index (χ2v) is 11.1. The highest BCUT2D eigenvalue weighted by Crippen LogP contribution is 2.38. The number of para-hydroxylation sites is 1. The molecule has 0 saturated carbocycles. The molecule has 0 spiro atoms. The van der Waals surface area contributed by atoms with Gasteiger partial charge in [-0.25, -0.2) is 4.98 Å². The SMILES string of the molecule is c1ccc2c(c1)ccc1c(-c3ccc(-c4ccc(-c5cc6cccnc6c6ncccc56)cn4)cc3)nc3ccccc3c12. The molecule has 0 bridgehead atoms. The van der Waals surface area contributed by atoms with Crippen molar-refractivity contribution in [1.29, 1.82) is 0 Å². The van der Waals surface area contributed by atoms with Crippen molar-refractivity contribution in [3.05, 3.63) is 146 Å². The van der Waals surface area contributed by atoms with Crippen LogP contribution in [0.3, 0.4) is 0 Å². The highest BCUT2D eigenvalue weighted by molar-refractivity contribution is 6.22. The lowest BCUT2D eigenvalue weighted by Crippen LogP contribution is -1.92. The predicted molar refractivity (Wildman–Crippen MR) is 181 cm³/mol. The Morgan fingerprint density at radius 3 is 2.00 bits per heavy atom. The van der Waals surface area contributed by atoms with Gasteiger partial charge >= 0.3 is 0 Å². The number of pyridine rings is 4. The Morgan fingerprint density at radius 1 is 0.432 bits per heavy atom. The Labute approximate surface area is 253 Å². The normalized spacial score (nSPS) is 11.6. The summed E-state index contributed by atoms with van der Waals surface area (Å²) >= 11 is 0. The molecule has 0 atom stereocenters. The van der Waals surface area contributed by atoms with Gasteiger partial charge in [-0.1, -0.05) is 97.1 Å². The molecular weight excluding hydrogens is 536 g/mol. The fourth-order valence-corrected chi connectivity index (χ4v) is 6.48. The Morgan fingerprint density at radius 2 is 1.14 bits per heavy atom. The quantitative estimate of drug-likeness (QED) is 0.202. The fraction of sp³-hybridized carbons (Fsp3) is 0. The average Bonchev–Trinajstić information content (AvgIpc) is 3.11. The molecule has 204 valence electrons. The zero-order valence-electron chi connectivity index (χ0n) is 23.6. The summed E-state index contributed by atoms with van der Waals surface area (Å²) in [5, 5.41) is 8.20. The van der Waals surface area contributed by atoms with Crippen LogP contribution < -0.4 is 0 Å². The minimum atomic E-state index is 0.906. The van der Waals surface area contributed by atoms with Gasteiger partial charge < -0.3 is 0 Å². The largest absolute Gasteiger partial charge is 0.256 e. The van der Waals surface area contributed by atoms with E-state index in [0.717, 1.165) is 66.4 Å². The zero-order chi connectivity index (χ0) is 29.0. The average molecular weight is 561 g/mol. The number of rotatable bonds is 3. The molecule has 0 unspecified atom stereocenters. The van der Waals surface area contributed by atoms with Crippen LogP contribution in [0.2, 0.25) is 0 Å². The van der Waals surface area contributed by atoms with E-state index >= 15 is 0 Å². The van der Waals surface area contributed by atoms with Crippen molar-refractivity contribution >= 4 is 54.3 Å². The molecule has 0 radical (unpaired) electrons. The van der Waals surface area contributed by atoms with E-state index < -0.39 is 0 Å². The first kappa shape index (κ1) is 24.6. The number of hydrogen-bond acceptors (Lipinski definition) is 4. The van der Waals surface area contributed by atoms with Gasteiger partial charge in [-0.15, -0.1) is 0 Å². The smallest absolute Gasteiger partial charge is 0.0970 e. The Hall–Kier alpha value is -6.00. The Kier molecular flexibility index (Phi) is 5.47. The maximum Gasteiger partial charge on any atom is 0.0970 e. The van der Waals surface area contributed by atoms with E-state index in [0.29, 0.717) is 0 Å². The molecule has 0 fully saturated rings. The second kappa shape index (κ2) is 9.79. The summed E-state index contributed by atoms with van der Waals surface area (Å²) in [6, 6.07) is 44.6. The first-order chi connectivity index (χ1) is 21.8. The van der Waals surface area contributed by atoms with E-state index in [4.69, 9.17) is 9.97 Å². The maximum absolute atomic E-state index is 5.15. The Balaban J connectivity index is 1.12. The molecule has 4 nitrogen and oxygen atoms in total. The second-order valence-electron chi connectivity index (χ2n) is 11.1. The van der Waals surface area contributed by atoms with Crippen molar-refractivity contribution < 1.29 is 0 Å². The van der Waals surface area contributed by atoms with Crippen LogP contribution in [-0.4, -0.2) is 19.9 Å². The van der Waals surface area contributed by atoms with Crippen molar-refractivity contribution in [3.8, 4) is 33.6 Å². The maximum atomic E-state index is 5.15. The van der Waals surface area contributed by atoms with Crippen LogP contribution in [-0.2, 0) is 0 Å². The highest BCUT2D eigenvalue weighted by atomic mass is 14.7. The van der Waals surface area contributed by atoms with Gasteiger partial charge in [0.25, 0.3) is 0 Å². The molecule has 9 rings (SSSR count). The summed E-state index contributed by atoms with van der Waals surface area (Å²) in [5.41, 5.74) is 9.03. The molecule has 0 N–H and O–H groups in total. The van der Waals surface area contributed by atoms with Crippen molar-refractivity contribution in [1.82, 2.24) is 19.9 Å². The van der Waals surface area contributed by atoms with E-state index in [-0.39, 0.29) is 0 Å². The van der Waals surface area contributed by atoms with Crippen molar-refractivity contribution in [2.45, 2.75) is 0 Å². The standard InChI is InChI=1S/C40H24N4/c1-2-9-30-25(7-1)17-19-33-37(30)32-10-3-4-12-36(32)44-38(33)27-15-13-26(14-16-27)35-20-18-29(24-43-35)34-23-28-8-5-21-41-39(28)40-31(34)11-6-22-42-40/h1-24H. The van der Waals surface area contributed by atoms with Gasteiger partial charge in [0, 0.05) is 62.2 Å². The number of hydrogen-bond donors (Lipinski definition) is 0. The number of benzene rings is 5. The monoisotopic (exact) mass is 560 g/mol. The zero-order valence-corrected chi connectivity index (χ0v) is 23.6. The number of fused-ring (bicyclic) bond motifs is 8. The van der Waals surface area contributed by atoms with E-state index in [9.17, 15) is 0 Å². The summed E-state index contributed by atoms with van der Waals surface area (Å²) in [4.78, 5) is 19.3. The molecule has 0 aliphatic heterocycles. The molecule has 0 amide bonds. The third kappa shape index (κ3) is 3.85. The summed E-state index contributed by atoms with van der Waals surface area (Å²) in [6.45, 7) is 0. The van der Waals surface area contributed by atoms with E-state index in [1.807, 2.05) is 30.7 Å². The molecule has 4 heterocycles. The van der Waals surface area contributed by atoms with Crippen LogP contribution >= 0.6 is 0 Å². The minimum Gasteiger partial charge on any atom is -0.256 e. The molecular formula is C40H24N4. The molecule has 4 heteroatoms. The van der Waals surface area contributed by atoms with Crippen molar-refractivity contribution in [2.75, 3.05) is 0 Å². The number of aromatic nitrogens is 4. The molecule has 4 aromatic heterocycles. The van der Waals surface area contributed by atoms with Crippen LogP contribution in [0.5, 0.6) is 0 Å². The van der Waals surface area contributed by atoms with Crippen LogP contribution in [0, 0.1) is 0 Å². The van der Waals surface area contributed by atoms with Gasteiger partial charge in [0.2, 0.25) is 0 Å². The molecule has 44 heavy (non-hydrogen) atoms. The first-order valence-electron chi connectivity index (χ1n) is 14.7. The summed E-state index contributed by atoms with van der Waals surface area (Å²) < 4.78 is 0. The molecule has 9 aromatic rings. The third-order valence-corrected chi connectivity index (χ3v) is 8.58. The van der Waals surface area contributed by atoms with E-state index in [2.05, 4.69) is 125 Å². The minimum absolute atomic E-state index is 0.906. The van der Waals surface area contributed by atoms with Gasteiger partial charge in [0.15, 0.2) is 0 Å². The summed E-state index contributed by atoms with van der Waals surface area (Å²) in [7, 11) is 0. The van der Waals surface area contributed by atoms with Crippen LogP contribution in [0.15, 0.2) is 146 Å². The third-order valence-electron chi connectivity index (χ3n) is 8.58. The fourth-order valence-electron chi connectivity index (χ4n) is 6.48. The summed E-state index contributed by atoms with van der Waals surface area (Å²) in [6.07, 6.45) is 5.60. The lowest BCUT2D eigenvalue weighted by atomic mass is 9.95. The van der Waals surface area contributed by atoms with Gasteiger partial charge in [0.1, 0.15) is 0 Å². The predicted octanol–water partition coefficient (Wildman–Crippen LogP) is 10.0. The lowest BCUT2D eigenvalue weighted by Gasteiger charge is -2.13. The highest BCUT2D eigenvalue weighted by Gasteiger charge is 2.14. The van der Waals surface area contributed by atoms with Gasteiger partial charge in [-0.05, 0) is 46.7 Å². The van der Waals surface area contributed by atoms with Gasteiger partial charge in [-0.3, -0.25) is 15.0 Å². The van der Waals surface area contributed by atoms with E-state index in [1.54, 1.807) is 0 Å². The summed E-state index contributed by atoms with van der Waals surface area (Å²) in [5.74, 6) is 0. The van der Waals surface area contributed by atoms with Gasteiger partial charge in [0.05, 0.1) is 27.9 Å². The van der Waals surface area contributed by atoms with Crippen LogP contribution in [0.4, 0.5) is 0 Å². The molecule has 0 saturated heterocycles. The lowest BCUT2D eigenvalue weighted by molar-refractivity contribution is 1.32. The van der Waals surface area contributed by atoms with Crippen molar-refractivity contribution in [2.24, 2.45) is 0 Å². The molecule has 0 aliphatic carbocycles.